The highest BCUT2D eigenvalue weighted by atomic mass is 35.5. The summed E-state index contributed by atoms with van der Waals surface area (Å²) < 4.78 is 18.2. The number of hydrogen-bond acceptors (Lipinski definition) is 4. The number of urea groups is 1. The number of nitrogens with zero attached hydrogens (tertiary/aromatic N) is 2. The number of carbonyl (C=O) groups is 2. The Bertz CT molecular complexity index is 887. The molecule has 0 saturated carbocycles. The molecule has 1 N–H and O–H groups in total. The summed E-state index contributed by atoms with van der Waals surface area (Å²) in [6.45, 7) is 1.77. The van der Waals surface area contributed by atoms with Crippen LogP contribution in [-0.4, -0.2) is 55.1 Å². The smallest absolute Gasteiger partial charge is 0.327 e. The lowest BCUT2D eigenvalue weighted by Crippen LogP contribution is -2.52. The first kappa shape index (κ1) is 21.4. The second-order valence-corrected chi connectivity index (χ2v) is 7.37. The molecular weight excluding hydrogens is 420 g/mol. The summed E-state index contributed by atoms with van der Waals surface area (Å²) in [5, 5.41) is 3.55. The molecule has 1 aliphatic heterocycles. The van der Waals surface area contributed by atoms with E-state index in [1.165, 1.54) is 19.2 Å². The Morgan fingerprint density at radius 2 is 1.69 bits per heavy atom. The fraction of sp³-hybridized carbons (Fsp3) is 0.300. The van der Waals surface area contributed by atoms with E-state index in [9.17, 15) is 14.0 Å². The molecule has 2 aromatic carbocycles. The number of nitrogens with one attached hydrogen (secondary N) is 1. The molecule has 2 aromatic rings. The molecule has 1 saturated heterocycles. The van der Waals surface area contributed by atoms with Crippen LogP contribution in [0.2, 0.25) is 10.0 Å². The Morgan fingerprint density at radius 1 is 1.03 bits per heavy atom. The van der Waals surface area contributed by atoms with E-state index in [0.29, 0.717) is 47.5 Å². The summed E-state index contributed by atoms with van der Waals surface area (Å²) >= 11 is 11.9. The van der Waals surface area contributed by atoms with Gasteiger partial charge in [0.1, 0.15) is 11.9 Å². The Hall–Kier alpha value is -2.35. The third kappa shape index (κ3) is 5.18. The van der Waals surface area contributed by atoms with E-state index in [-0.39, 0.29) is 11.8 Å². The van der Waals surface area contributed by atoms with Gasteiger partial charge in [0.15, 0.2) is 0 Å². The molecule has 1 aliphatic rings. The van der Waals surface area contributed by atoms with E-state index in [4.69, 9.17) is 27.9 Å². The number of carbonyl (C=O) groups excluding carboxylic acids is 2. The number of rotatable bonds is 4. The minimum absolute atomic E-state index is 0.264. The van der Waals surface area contributed by atoms with Crippen LogP contribution in [0.15, 0.2) is 42.5 Å². The van der Waals surface area contributed by atoms with Gasteiger partial charge >= 0.3 is 12.0 Å². The monoisotopic (exact) mass is 439 g/mol. The number of hydrogen-bond donors (Lipinski definition) is 1. The minimum atomic E-state index is -0.652. The van der Waals surface area contributed by atoms with E-state index in [1.807, 2.05) is 4.90 Å². The van der Waals surface area contributed by atoms with Gasteiger partial charge < -0.3 is 15.0 Å². The number of anilines is 1. The summed E-state index contributed by atoms with van der Waals surface area (Å²) in [4.78, 5) is 28.4. The van der Waals surface area contributed by atoms with Gasteiger partial charge in [-0.15, -0.1) is 0 Å². The molecule has 6 nitrogen and oxygen atoms in total. The lowest BCUT2D eigenvalue weighted by Gasteiger charge is -2.38. The standard InChI is InChI=1S/C20H20Cl2FN3O3/c1-29-19(27)18(13-2-4-14(23)5-3-13)25-8-10-26(11-9-25)20(28)24-15-6-7-16(21)17(22)12-15/h2-7,12,18H,8-11H2,1H3,(H,24,28)/t18-/m1/s1. The van der Waals surface area contributed by atoms with Gasteiger partial charge in [-0.2, -0.15) is 0 Å². The number of piperazine rings is 1. The first-order chi connectivity index (χ1) is 13.9. The fourth-order valence-electron chi connectivity index (χ4n) is 3.21. The zero-order valence-corrected chi connectivity index (χ0v) is 17.2. The molecule has 29 heavy (non-hydrogen) atoms. The van der Waals surface area contributed by atoms with E-state index >= 15 is 0 Å². The zero-order valence-electron chi connectivity index (χ0n) is 15.7. The molecule has 1 atom stereocenters. The number of amides is 2. The minimum Gasteiger partial charge on any atom is -0.468 e. The van der Waals surface area contributed by atoms with Crippen molar-refractivity contribution < 1.29 is 18.7 Å². The second-order valence-electron chi connectivity index (χ2n) is 6.56. The first-order valence-electron chi connectivity index (χ1n) is 8.97. The molecule has 1 heterocycles. The van der Waals surface area contributed by atoms with Crippen molar-refractivity contribution in [3.05, 3.63) is 63.9 Å². The van der Waals surface area contributed by atoms with Gasteiger partial charge in [0, 0.05) is 31.9 Å². The van der Waals surface area contributed by atoms with Crippen molar-refractivity contribution in [3.8, 4) is 0 Å². The summed E-state index contributed by atoms with van der Waals surface area (Å²) in [5.41, 5.74) is 1.19. The zero-order chi connectivity index (χ0) is 21.0. The fourth-order valence-corrected chi connectivity index (χ4v) is 3.51. The highest BCUT2D eigenvalue weighted by Crippen LogP contribution is 2.26. The van der Waals surface area contributed by atoms with Crippen LogP contribution in [0.1, 0.15) is 11.6 Å². The van der Waals surface area contributed by atoms with Crippen LogP contribution in [0.25, 0.3) is 0 Å². The van der Waals surface area contributed by atoms with E-state index < -0.39 is 12.0 Å². The highest BCUT2D eigenvalue weighted by molar-refractivity contribution is 6.42. The van der Waals surface area contributed by atoms with Gasteiger partial charge in [0.25, 0.3) is 0 Å². The van der Waals surface area contributed by atoms with Crippen LogP contribution < -0.4 is 5.32 Å². The molecule has 154 valence electrons. The molecule has 9 heteroatoms. The predicted octanol–water partition coefficient (Wildman–Crippen LogP) is 4.20. The van der Waals surface area contributed by atoms with Gasteiger partial charge in [0.2, 0.25) is 0 Å². The van der Waals surface area contributed by atoms with Crippen LogP contribution in [-0.2, 0) is 9.53 Å². The van der Waals surface area contributed by atoms with Crippen molar-refractivity contribution in [2.75, 3.05) is 38.6 Å². The average Bonchev–Trinajstić information content (AvgIpc) is 2.72. The Kier molecular flexibility index (Phi) is 6.95. The van der Waals surface area contributed by atoms with Crippen LogP contribution in [0.3, 0.4) is 0 Å². The lowest BCUT2D eigenvalue weighted by molar-refractivity contribution is -0.148. The summed E-state index contributed by atoms with van der Waals surface area (Å²) in [5.74, 6) is -0.800. The second kappa shape index (κ2) is 9.43. The number of methoxy groups -OCH3 is 1. The van der Waals surface area contributed by atoms with E-state index in [0.717, 1.165) is 0 Å². The maximum absolute atomic E-state index is 13.2. The van der Waals surface area contributed by atoms with E-state index in [2.05, 4.69) is 5.32 Å². The molecule has 2 amide bonds. The third-order valence-electron chi connectivity index (χ3n) is 4.75. The molecule has 0 unspecified atom stereocenters. The molecule has 0 spiro atoms. The quantitative estimate of drug-likeness (QED) is 0.725. The molecule has 3 rings (SSSR count). The summed E-state index contributed by atoms with van der Waals surface area (Å²) in [6.07, 6.45) is 0. The number of ether oxygens (including phenoxy) is 1. The van der Waals surface area contributed by atoms with Crippen LogP contribution >= 0.6 is 23.2 Å². The molecule has 0 aliphatic carbocycles. The van der Waals surface area contributed by atoms with Crippen molar-refractivity contribution in [1.82, 2.24) is 9.80 Å². The van der Waals surface area contributed by atoms with Gasteiger partial charge in [-0.1, -0.05) is 35.3 Å². The lowest BCUT2D eigenvalue weighted by atomic mass is 10.0. The Morgan fingerprint density at radius 3 is 2.28 bits per heavy atom. The van der Waals surface area contributed by atoms with Gasteiger partial charge in [-0.3, -0.25) is 4.90 Å². The molecule has 0 aromatic heterocycles. The molecular formula is C20H20Cl2FN3O3. The topological polar surface area (TPSA) is 61.9 Å². The van der Waals surface area contributed by atoms with Crippen molar-refractivity contribution in [3.63, 3.8) is 0 Å². The van der Waals surface area contributed by atoms with Crippen molar-refractivity contribution in [2.24, 2.45) is 0 Å². The highest BCUT2D eigenvalue weighted by Gasteiger charge is 2.32. The van der Waals surface area contributed by atoms with Gasteiger partial charge in [-0.05, 0) is 35.9 Å². The molecule has 0 radical (unpaired) electrons. The van der Waals surface area contributed by atoms with Crippen LogP contribution in [0, 0.1) is 5.82 Å². The van der Waals surface area contributed by atoms with Crippen LogP contribution in [0.5, 0.6) is 0 Å². The van der Waals surface area contributed by atoms with Gasteiger partial charge in [-0.25, -0.2) is 14.0 Å². The van der Waals surface area contributed by atoms with Crippen molar-refractivity contribution in [1.29, 1.82) is 0 Å². The number of halogens is 3. The number of benzene rings is 2. The van der Waals surface area contributed by atoms with E-state index in [1.54, 1.807) is 35.2 Å². The normalized spacial score (nSPS) is 15.7. The molecule has 0 bridgehead atoms. The SMILES string of the molecule is COC(=O)[C@@H](c1ccc(F)cc1)N1CCN(C(=O)Nc2ccc(Cl)c(Cl)c2)CC1. The predicted molar refractivity (Wildman–Crippen MR) is 110 cm³/mol. The average molecular weight is 440 g/mol. The largest absolute Gasteiger partial charge is 0.468 e. The number of esters is 1. The first-order valence-corrected chi connectivity index (χ1v) is 9.73. The van der Waals surface area contributed by atoms with Crippen molar-refractivity contribution in [2.45, 2.75) is 6.04 Å². The Balaban J connectivity index is 1.64. The third-order valence-corrected chi connectivity index (χ3v) is 5.49. The summed E-state index contributed by atoms with van der Waals surface area (Å²) in [7, 11) is 1.32. The Labute approximate surface area is 178 Å². The van der Waals surface area contributed by atoms with Crippen LogP contribution in [0.4, 0.5) is 14.9 Å². The maximum Gasteiger partial charge on any atom is 0.327 e. The maximum atomic E-state index is 13.2. The molecule has 1 fully saturated rings. The van der Waals surface area contributed by atoms with Crippen molar-refractivity contribution >= 4 is 40.9 Å². The van der Waals surface area contributed by atoms with Gasteiger partial charge in [0.05, 0.1) is 17.2 Å². The summed E-state index contributed by atoms with van der Waals surface area (Å²) in [6, 6.07) is 9.71.